The number of hydrogen-bond donors (Lipinski definition) is 1. The molecule has 0 saturated carbocycles. The number of nitrogens with one attached hydrogen (secondary N) is 1. The van der Waals surface area contributed by atoms with E-state index in [4.69, 9.17) is 0 Å². The summed E-state index contributed by atoms with van der Waals surface area (Å²) in [7, 11) is 0. The van der Waals surface area contributed by atoms with Crippen molar-refractivity contribution in [3.05, 3.63) is 18.3 Å². The van der Waals surface area contributed by atoms with E-state index in [1.165, 1.54) is 0 Å². The molecule has 1 aromatic heterocycles. The lowest BCUT2D eigenvalue weighted by atomic mass is 10.3. The van der Waals surface area contributed by atoms with E-state index in [9.17, 15) is 0 Å². The van der Waals surface area contributed by atoms with Gasteiger partial charge in [0.15, 0.2) is 5.82 Å². The van der Waals surface area contributed by atoms with Gasteiger partial charge in [0, 0.05) is 12.4 Å². The van der Waals surface area contributed by atoms with Crippen LogP contribution in [0.1, 0.15) is 0 Å². The lowest BCUT2D eigenvalue weighted by Gasteiger charge is -2.08. The Labute approximate surface area is 58.8 Å². The summed E-state index contributed by atoms with van der Waals surface area (Å²) in [6.45, 7) is 0.782. The highest BCUT2D eigenvalue weighted by Gasteiger charge is 2.02. The molecule has 1 aliphatic rings. The van der Waals surface area contributed by atoms with Crippen molar-refractivity contribution < 1.29 is 0 Å². The van der Waals surface area contributed by atoms with E-state index in [-0.39, 0.29) is 0 Å². The van der Waals surface area contributed by atoms with Gasteiger partial charge < -0.3 is 5.32 Å². The number of aliphatic imine (C=N–C) groups is 1. The van der Waals surface area contributed by atoms with Gasteiger partial charge in [-0.1, -0.05) is 0 Å². The van der Waals surface area contributed by atoms with E-state index in [2.05, 4.69) is 15.3 Å². The Morgan fingerprint density at radius 1 is 1.50 bits per heavy atom. The zero-order valence-electron chi connectivity index (χ0n) is 5.41. The second-order valence-electron chi connectivity index (χ2n) is 2.06. The maximum absolute atomic E-state index is 4.14. The molecule has 1 aromatic rings. The highest BCUT2D eigenvalue weighted by molar-refractivity contribution is 5.77. The molecule has 3 heteroatoms. The summed E-state index contributed by atoms with van der Waals surface area (Å²) >= 11 is 0. The van der Waals surface area contributed by atoms with Gasteiger partial charge in [-0.05, 0) is 12.1 Å². The molecule has 2 heterocycles. The maximum Gasteiger partial charge on any atom is 0.152 e. The molecule has 50 valence electrons. The molecule has 0 radical (unpaired) electrons. The fourth-order valence-electron chi connectivity index (χ4n) is 0.924. The molecular weight excluding hydrogens is 126 g/mol. The van der Waals surface area contributed by atoms with Crippen LogP contribution in [0.25, 0.3) is 0 Å². The van der Waals surface area contributed by atoms with Crippen LogP contribution in [0.2, 0.25) is 0 Å². The van der Waals surface area contributed by atoms with E-state index >= 15 is 0 Å². The van der Waals surface area contributed by atoms with Crippen molar-refractivity contribution in [3.63, 3.8) is 0 Å². The number of nitrogens with zero attached hydrogens (tertiary/aromatic N) is 2. The van der Waals surface area contributed by atoms with Gasteiger partial charge in [0.1, 0.15) is 5.69 Å². The minimum Gasteiger partial charge on any atom is -0.363 e. The highest BCUT2D eigenvalue weighted by atomic mass is 15.0. The Morgan fingerprint density at radius 3 is 3.40 bits per heavy atom. The molecule has 0 fully saturated rings. The lowest BCUT2D eigenvalue weighted by Crippen LogP contribution is -2.07. The fraction of sp³-hybridized carbons (Fsp3) is 0.143. The predicted molar refractivity (Wildman–Crippen MR) is 40.9 cm³/mol. The van der Waals surface area contributed by atoms with Gasteiger partial charge in [-0.15, -0.1) is 0 Å². The third-order valence-electron chi connectivity index (χ3n) is 1.38. The van der Waals surface area contributed by atoms with E-state index in [1.807, 2.05) is 18.3 Å². The summed E-state index contributed by atoms with van der Waals surface area (Å²) in [5.74, 6) is 0.880. The van der Waals surface area contributed by atoms with E-state index in [1.54, 1.807) is 6.20 Å². The Hall–Kier alpha value is -1.38. The largest absolute Gasteiger partial charge is 0.363 e. The number of hydrogen-bond acceptors (Lipinski definition) is 3. The van der Waals surface area contributed by atoms with E-state index in [0.29, 0.717) is 0 Å². The van der Waals surface area contributed by atoms with Crippen LogP contribution in [0, 0.1) is 0 Å². The predicted octanol–water partition coefficient (Wildman–Crippen LogP) is 1.21. The molecule has 1 N–H and O–H groups in total. The van der Waals surface area contributed by atoms with E-state index < -0.39 is 0 Å². The van der Waals surface area contributed by atoms with Crippen molar-refractivity contribution in [2.75, 3.05) is 11.9 Å². The summed E-state index contributed by atoms with van der Waals surface area (Å²) in [6, 6.07) is 3.81. The molecule has 3 nitrogen and oxygen atoms in total. The summed E-state index contributed by atoms with van der Waals surface area (Å²) in [4.78, 5) is 8.24. The minimum atomic E-state index is 0.782. The second-order valence-corrected chi connectivity index (χ2v) is 2.06. The van der Waals surface area contributed by atoms with Crippen LogP contribution in [0.5, 0.6) is 0 Å². The zero-order chi connectivity index (χ0) is 6.81. The van der Waals surface area contributed by atoms with Gasteiger partial charge in [-0.25, -0.2) is 4.98 Å². The highest BCUT2D eigenvalue weighted by Crippen LogP contribution is 2.22. The molecule has 0 saturated heterocycles. The Morgan fingerprint density at radius 2 is 2.50 bits per heavy atom. The third kappa shape index (κ3) is 0.757. The van der Waals surface area contributed by atoms with Crippen molar-refractivity contribution in [3.8, 4) is 0 Å². The van der Waals surface area contributed by atoms with Gasteiger partial charge in [0.25, 0.3) is 0 Å². The first kappa shape index (κ1) is 5.41. The number of rotatable bonds is 0. The van der Waals surface area contributed by atoms with E-state index in [0.717, 1.165) is 18.1 Å². The van der Waals surface area contributed by atoms with Crippen LogP contribution >= 0.6 is 0 Å². The SMILES string of the molecule is C1=Nc2cccnc2NC1. The molecule has 0 aliphatic carbocycles. The van der Waals surface area contributed by atoms with Crippen LogP contribution in [-0.2, 0) is 0 Å². The molecule has 1 aliphatic heterocycles. The molecular formula is C7H7N3. The Kier molecular flexibility index (Phi) is 1.13. The molecule has 0 atom stereocenters. The zero-order valence-corrected chi connectivity index (χ0v) is 5.41. The standard InChI is InChI=1S/C7H7N3/c1-2-6-7(9-3-1)10-5-4-8-6/h1-4H,5H2,(H,9,10). The van der Waals surface area contributed by atoms with Crippen molar-refractivity contribution >= 4 is 17.7 Å². The first-order valence-corrected chi connectivity index (χ1v) is 3.18. The van der Waals surface area contributed by atoms with Crippen LogP contribution < -0.4 is 5.32 Å². The van der Waals surface area contributed by atoms with Crippen LogP contribution in [0.3, 0.4) is 0 Å². The topological polar surface area (TPSA) is 37.3 Å². The van der Waals surface area contributed by atoms with Crippen LogP contribution in [0.4, 0.5) is 11.5 Å². The number of fused-ring (bicyclic) bond motifs is 1. The fourth-order valence-corrected chi connectivity index (χ4v) is 0.924. The molecule has 10 heavy (non-hydrogen) atoms. The summed E-state index contributed by atoms with van der Waals surface area (Å²) < 4.78 is 0. The molecule has 0 bridgehead atoms. The molecule has 0 unspecified atom stereocenters. The first-order valence-electron chi connectivity index (χ1n) is 3.18. The third-order valence-corrected chi connectivity index (χ3v) is 1.38. The average Bonchev–Trinajstić information content (AvgIpc) is 2.05. The quantitative estimate of drug-likeness (QED) is 0.577. The summed E-state index contributed by atoms with van der Waals surface area (Å²) in [6.07, 6.45) is 3.59. The number of aromatic nitrogens is 1. The van der Waals surface area contributed by atoms with Crippen molar-refractivity contribution in [1.29, 1.82) is 0 Å². The first-order chi connectivity index (χ1) is 4.97. The minimum absolute atomic E-state index is 0.782. The average molecular weight is 133 g/mol. The maximum atomic E-state index is 4.14. The lowest BCUT2D eigenvalue weighted by molar-refractivity contribution is 1.22. The van der Waals surface area contributed by atoms with Gasteiger partial charge in [-0.2, -0.15) is 0 Å². The molecule has 0 aromatic carbocycles. The Balaban J connectivity index is 2.54. The van der Waals surface area contributed by atoms with Gasteiger partial charge in [0.2, 0.25) is 0 Å². The van der Waals surface area contributed by atoms with Crippen LogP contribution in [0.15, 0.2) is 23.3 Å². The van der Waals surface area contributed by atoms with Crippen molar-refractivity contribution in [2.24, 2.45) is 4.99 Å². The van der Waals surface area contributed by atoms with Crippen molar-refractivity contribution in [1.82, 2.24) is 4.98 Å². The molecule has 0 spiro atoms. The van der Waals surface area contributed by atoms with Crippen molar-refractivity contribution in [2.45, 2.75) is 0 Å². The molecule has 2 rings (SSSR count). The van der Waals surface area contributed by atoms with Gasteiger partial charge in [0.05, 0.1) is 6.54 Å². The number of anilines is 1. The normalized spacial score (nSPS) is 14.0. The van der Waals surface area contributed by atoms with Gasteiger partial charge >= 0.3 is 0 Å². The smallest absolute Gasteiger partial charge is 0.152 e. The number of pyridine rings is 1. The van der Waals surface area contributed by atoms with Crippen LogP contribution in [-0.4, -0.2) is 17.7 Å². The monoisotopic (exact) mass is 133 g/mol. The molecule has 0 amide bonds. The summed E-state index contributed by atoms with van der Waals surface area (Å²) in [5, 5.41) is 3.10. The summed E-state index contributed by atoms with van der Waals surface area (Å²) in [5.41, 5.74) is 0.925. The second kappa shape index (κ2) is 2.10. The Bertz CT molecular complexity index is 267. The van der Waals surface area contributed by atoms with Gasteiger partial charge in [-0.3, -0.25) is 4.99 Å².